The largest absolute Gasteiger partial charge is 0.493 e. The number of amidine groups is 2. The van der Waals surface area contributed by atoms with E-state index in [9.17, 15) is 36.3 Å². The summed E-state index contributed by atoms with van der Waals surface area (Å²) in [5, 5.41) is 20.2. The van der Waals surface area contributed by atoms with Crippen LogP contribution < -0.4 is 25.7 Å². The summed E-state index contributed by atoms with van der Waals surface area (Å²) in [7, 11) is 0. The SMILES string of the molecule is CC(C)(C)OC(=O)NC(=N)c1ccc(OCCCn2ccn(CCCOc3ccc(C(=N)NC(=O)OC(C)(C)C)c(F)c3)c2=NC(=O)C(F)(F)F)cc1F. The molecular formula is C35H42F5N7O7. The number of hydrogen-bond acceptors (Lipinski definition) is 9. The minimum atomic E-state index is -5.22. The molecule has 3 rings (SSSR count). The van der Waals surface area contributed by atoms with Crippen molar-refractivity contribution in [3.05, 3.63) is 77.2 Å². The lowest BCUT2D eigenvalue weighted by Gasteiger charge is -2.20. The van der Waals surface area contributed by atoms with Crippen molar-refractivity contribution in [2.75, 3.05) is 13.2 Å². The van der Waals surface area contributed by atoms with Crippen LogP contribution in [0.25, 0.3) is 0 Å². The van der Waals surface area contributed by atoms with Crippen LogP contribution in [0.1, 0.15) is 65.5 Å². The van der Waals surface area contributed by atoms with Gasteiger partial charge in [0.2, 0.25) is 5.62 Å². The third kappa shape index (κ3) is 13.7. The number of carbonyl (C=O) groups is 3. The molecule has 54 heavy (non-hydrogen) atoms. The van der Waals surface area contributed by atoms with E-state index in [4.69, 9.17) is 29.8 Å². The van der Waals surface area contributed by atoms with Crippen LogP contribution in [-0.4, -0.2) is 69.5 Å². The maximum absolute atomic E-state index is 14.7. The summed E-state index contributed by atoms with van der Waals surface area (Å²) >= 11 is 0. The molecule has 0 saturated heterocycles. The van der Waals surface area contributed by atoms with Crippen molar-refractivity contribution in [1.82, 2.24) is 19.8 Å². The van der Waals surface area contributed by atoms with Crippen LogP contribution in [0.3, 0.4) is 0 Å². The van der Waals surface area contributed by atoms with Crippen molar-refractivity contribution in [3.8, 4) is 11.5 Å². The number of amides is 3. The molecule has 1 heterocycles. The lowest BCUT2D eigenvalue weighted by atomic mass is 10.2. The normalized spacial score (nSPS) is 11.7. The first kappa shape index (κ1) is 42.7. The first-order valence-electron chi connectivity index (χ1n) is 16.5. The van der Waals surface area contributed by atoms with Crippen molar-refractivity contribution in [3.63, 3.8) is 0 Å². The number of alkyl halides is 3. The number of aryl methyl sites for hydroxylation is 2. The van der Waals surface area contributed by atoms with E-state index >= 15 is 0 Å². The zero-order valence-corrected chi connectivity index (χ0v) is 30.5. The number of imidazole rings is 1. The fourth-order valence-electron chi connectivity index (χ4n) is 4.46. The Hall–Kier alpha value is -5.75. The van der Waals surface area contributed by atoms with Crippen LogP contribution in [0.15, 0.2) is 53.8 Å². The summed E-state index contributed by atoms with van der Waals surface area (Å²) in [6, 6.07) is 7.21. The highest BCUT2D eigenvalue weighted by Gasteiger charge is 2.38. The topological polar surface area (TPSA) is 182 Å². The molecule has 0 fully saturated rings. The average Bonchev–Trinajstić information content (AvgIpc) is 3.39. The van der Waals surface area contributed by atoms with E-state index in [0.29, 0.717) is 0 Å². The van der Waals surface area contributed by atoms with E-state index in [1.165, 1.54) is 45.8 Å². The number of ether oxygens (including phenoxy) is 4. The highest BCUT2D eigenvalue weighted by Crippen LogP contribution is 2.20. The van der Waals surface area contributed by atoms with Crippen LogP contribution in [0.5, 0.6) is 11.5 Å². The molecule has 0 aliphatic rings. The van der Waals surface area contributed by atoms with Gasteiger partial charge in [0.15, 0.2) is 0 Å². The number of nitrogens with one attached hydrogen (secondary N) is 4. The standard InChI is InChI=1S/C35H42F5N7O7/c1-33(2,3)53-31(49)43-27(41)23-11-9-21(19-25(23)36)51-17-7-13-46-15-16-47(30(46)45-29(48)35(38,39)40)14-8-18-52-22-10-12-24(26(37)20-22)28(42)44-32(50)54-34(4,5)6/h9-12,15-16,19-20H,7-8,13-14,17-18H2,1-6H3,(H2,41,43,49)(H2,42,44,50). The summed E-state index contributed by atoms with van der Waals surface area (Å²) < 4.78 is 92.6. The van der Waals surface area contributed by atoms with Crippen molar-refractivity contribution in [1.29, 1.82) is 10.8 Å². The third-order valence-corrected chi connectivity index (χ3v) is 6.68. The van der Waals surface area contributed by atoms with Gasteiger partial charge < -0.3 is 28.1 Å². The maximum Gasteiger partial charge on any atom is 0.473 e. The number of benzene rings is 2. The molecule has 0 saturated carbocycles. The molecule has 0 unspecified atom stereocenters. The predicted octanol–water partition coefficient (Wildman–Crippen LogP) is 6.20. The Bertz CT molecular complexity index is 1810. The molecule has 1 aromatic heterocycles. The van der Waals surface area contributed by atoms with Gasteiger partial charge in [0, 0.05) is 37.6 Å². The number of halogens is 5. The van der Waals surface area contributed by atoms with Crippen LogP contribution in [-0.2, 0) is 27.4 Å². The fourth-order valence-corrected chi connectivity index (χ4v) is 4.46. The van der Waals surface area contributed by atoms with Gasteiger partial charge in [-0.15, -0.1) is 0 Å². The minimum Gasteiger partial charge on any atom is -0.493 e. The average molecular weight is 768 g/mol. The first-order valence-corrected chi connectivity index (χ1v) is 16.5. The molecule has 3 amide bonds. The van der Waals surface area contributed by atoms with Gasteiger partial charge in [-0.1, -0.05) is 0 Å². The Morgan fingerprint density at radius 2 is 1.09 bits per heavy atom. The molecule has 0 radical (unpaired) electrons. The van der Waals surface area contributed by atoms with E-state index < -0.39 is 58.8 Å². The Morgan fingerprint density at radius 3 is 1.43 bits per heavy atom. The number of alkyl carbamates (subject to hydrolysis) is 2. The summed E-state index contributed by atoms with van der Waals surface area (Å²) in [5.74, 6) is -4.90. The molecule has 0 bridgehead atoms. The van der Waals surface area contributed by atoms with Gasteiger partial charge in [-0.2, -0.15) is 18.2 Å². The van der Waals surface area contributed by atoms with Crippen LogP contribution in [0.4, 0.5) is 31.5 Å². The Balaban J connectivity index is 1.58. The van der Waals surface area contributed by atoms with Gasteiger partial charge in [0.05, 0.1) is 24.3 Å². The van der Waals surface area contributed by atoms with E-state index in [1.54, 1.807) is 41.5 Å². The van der Waals surface area contributed by atoms with Crippen molar-refractivity contribution in [2.24, 2.45) is 4.99 Å². The van der Waals surface area contributed by atoms with Crippen molar-refractivity contribution in [2.45, 2.75) is 84.9 Å². The van der Waals surface area contributed by atoms with E-state index in [1.807, 2.05) is 0 Å². The molecule has 294 valence electrons. The first-order chi connectivity index (χ1) is 25.0. The third-order valence-electron chi connectivity index (χ3n) is 6.68. The molecule has 0 spiro atoms. The number of aromatic nitrogens is 2. The second-order valence-corrected chi connectivity index (χ2v) is 13.6. The quantitative estimate of drug-likeness (QED) is 0.0733. The summed E-state index contributed by atoms with van der Waals surface area (Å²) in [5.41, 5.74) is -2.37. The number of hydrogen-bond donors (Lipinski definition) is 4. The monoisotopic (exact) mass is 767 g/mol. The Kier molecular flexibility index (Phi) is 14.1. The molecule has 3 aromatic rings. The zero-order valence-electron chi connectivity index (χ0n) is 30.5. The highest BCUT2D eigenvalue weighted by molar-refractivity contribution is 6.05. The van der Waals surface area contributed by atoms with Crippen LogP contribution >= 0.6 is 0 Å². The fraction of sp³-hybridized carbons (Fsp3) is 0.429. The highest BCUT2D eigenvalue weighted by atomic mass is 19.4. The molecule has 4 N–H and O–H groups in total. The molecule has 14 nitrogen and oxygen atoms in total. The lowest BCUT2D eigenvalue weighted by Crippen LogP contribution is -2.36. The summed E-state index contributed by atoms with van der Waals surface area (Å²) in [6.45, 7) is 9.87. The minimum absolute atomic E-state index is 0.0169. The van der Waals surface area contributed by atoms with Crippen molar-refractivity contribution >= 4 is 29.8 Å². The summed E-state index contributed by atoms with van der Waals surface area (Å²) in [4.78, 5) is 38.9. The van der Waals surface area contributed by atoms with Crippen LogP contribution in [0.2, 0.25) is 0 Å². The lowest BCUT2D eigenvalue weighted by molar-refractivity contribution is -0.169. The molecule has 0 atom stereocenters. The predicted molar refractivity (Wildman–Crippen MR) is 184 cm³/mol. The van der Waals surface area contributed by atoms with Gasteiger partial charge in [-0.25, -0.2) is 18.4 Å². The molecule has 19 heteroatoms. The molecule has 0 aliphatic heterocycles. The van der Waals surface area contributed by atoms with E-state index in [-0.39, 0.29) is 67.4 Å². The molecular weight excluding hydrogens is 725 g/mol. The van der Waals surface area contributed by atoms with Crippen LogP contribution in [0, 0.1) is 22.5 Å². The smallest absolute Gasteiger partial charge is 0.473 e. The number of rotatable bonds is 12. The van der Waals surface area contributed by atoms with E-state index in [0.717, 1.165) is 12.1 Å². The molecule has 0 aliphatic carbocycles. The zero-order chi connectivity index (χ0) is 40.4. The summed E-state index contributed by atoms with van der Waals surface area (Å²) in [6.07, 6.45) is -3.82. The van der Waals surface area contributed by atoms with Gasteiger partial charge in [-0.3, -0.25) is 26.2 Å². The second kappa shape index (κ2) is 17.8. The Morgan fingerprint density at radius 1 is 0.704 bits per heavy atom. The number of nitrogens with zero attached hydrogens (tertiary/aromatic N) is 3. The van der Waals surface area contributed by atoms with E-state index in [2.05, 4.69) is 15.6 Å². The second-order valence-electron chi connectivity index (χ2n) is 13.6. The van der Waals surface area contributed by atoms with Crippen molar-refractivity contribution < 1.29 is 55.3 Å². The molecule has 2 aromatic carbocycles. The number of carbonyl (C=O) groups excluding carboxylic acids is 3. The van der Waals surface area contributed by atoms with Gasteiger partial charge >= 0.3 is 24.3 Å². The van der Waals surface area contributed by atoms with Gasteiger partial charge in [0.25, 0.3) is 0 Å². The van der Waals surface area contributed by atoms with Gasteiger partial charge in [0.1, 0.15) is 46.0 Å². The van der Waals surface area contributed by atoms with Gasteiger partial charge in [-0.05, 0) is 78.6 Å². The maximum atomic E-state index is 14.7. The Labute approximate surface area is 307 Å².